The first-order chi connectivity index (χ1) is 14.6. The van der Waals surface area contributed by atoms with E-state index >= 15 is 0 Å². The molecule has 1 aromatic heterocycles. The Balaban J connectivity index is 1.44. The molecule has 0 spiro atoms. The third-order valence-electron chi connectivity index (χ3n) is 5.71. The minimum absolute atomic E-state index is 0.0493. The van der Waals surface area contributed by atoms with Crippen molar-refractivity contribution in [2.24, 2.45) is 0 Å². The maximum absolute atomic E-state index is 13.1. The summed E-state index contributed by atoms with van der Waals surface area (Å²) in [5.74, 6) is 0.721. The number of rotatable bonds is 6. The zero-order valence-electron chi connectivity index (χ0n) is 17.5. The van der Waals surface area contributed by atoms with E-state index in [0.29, 0.717) is 13.1 Å². The summed E-state index contributed by atoms with van der Waals surface area (Å²) in [4.78, 5) is 31.0. The summed E-state index contributed by atoms with van der Waals surface area (Å²) in [6.45, 7) is 4.04. The highest BCUT2D eigenvalue weighted by Gasteiger charge is 2.22. The van der Waals surface area contributed by atoms with Gasteiger partial charge in [-0.25, -0.2) is 0 Å². The maximum Gasteiger partial charge on any atom is 0.234 e. The van der Waals surface area contributed by atoms with Crippen LogP contribution in [0.5, 0.6) is 5.75 Å². The first-order valence-corrected chi connectivity index (χ1v) is 10.4. The summed E-state index contributed by atoms with van der Waals surface area (Å²) < 4.78 is 5.22. The standard InChI is InChI=1S/C24H27N3O3/c1-3-16-7-8-21-19(12-16)24(29)20-14-27(10-9-22(20)26-21)15-23(28)25-13-17-5-4-6-18(11-17)30-2/h4-8,11-12H,3,9-10,13-15H2,1-2H3,(H,25,28)(H,26,29). The lowest BCUT2D eigenvalue weighted by molar-refractivity contribution is -0.122. The molecule has 0 atom stereocenters. The molecule has 1 aliphatic rings. The number of hydrogen-bond acceptors (Lipinski definition) is 4. The topological polar surface area (TPSA) is 74.4 Å². The van der Waals surface area contributed by atoms with Gasteiger partial charge in [0.1, 0.15) is 5.75 Å². The Morgan fingerprint density at radius 3 is 2.87 bits per heavy atom. The molecule has 0 bridgehead atoms. The average Bonchev–Trinajstić information content (AvgIpc) is 2.78. The van der Waals surface area contributed by atoms with Gasteiger partial charge >= 0.3 is 0 Å². The van der Waals surface area contributed by atoms with Gasteiger partial charge in [-0.05, 0) is 41.8 Å². The molecule has 0 radical (unpaired) electrons. The van der Waals surface area contributed by atoms with E-state index in [1.54, 1.807) is 7.11 Å². The molecule has 2 N–H and O–H groups in total. The van der Waals surface area contributed by atoms with Crippen LogP contribution in [-0.4, -0.2) is 36.0 Å². The molecule has 0 unspecified atom stereocenters. The molecule has 0 fully saturated rings. The summed E-state index contributed by atoms with van der Waals surface area (Å²) in [6, 6.07) is 13.7. The fourth-order valence-electron chi connectivity index (χ4n) is 3.98. The molecular weight excluding hydrogens is 378 g/mol. The largest absolute Gasteiger partial charge is 0.497 e. The van der Waals surface area contributed by atoms with Gasteiger partial charge in [0, 0.05) is 48.2 Å². The highest BCUT2D eigenvalue weighted by atomic mass is 16.5. The Bertz CT molecular complexity index is 1140. The average molecular weight is 405 g/mol. The monoisotopic (exact) mass is 405 g/mol. The number of aryl methyl sites for hydroxylation is 1. The molecule has 4 rings (SSSR count). The second-order valence-electron chi connectivity index (χ2n) is 7.73. The maximum atomic E-state index is 13.1. The first-order valence-electron chi connectivity index (χ1n) is 10.4. The summed E-state index contributed by atoms with van der Waals surface area (Å²) in [5.41, 5.74) is 4.88. The van der Waals surface area contributed by atoms with Gasteiger partial charge in [0.25, 0.3) is 0 Å². The van der Waals surface area contributed by atoms with E-state index in [9.17, 15) is 9.59 Å². The van der Waals surface area contributed by atoms with Crippen LogP contribution in [0.4, 0.5) is 0 Å². The number of benzene rings is 2. The van der Waals surface area contributed by atoms with Crippen molar-refractivity contribution in [3.63, 3.8) is 0 Å². The van der Waals surface area contributed by atoms with Crippen LogP contribution in [-0.2, 0) is 30.7 Å². The molecule has 3 aromatic rings. The zero-order valence-corrected chi connectivity index (χ0v) is 17.5. The summed E-state index contributed by atoms with van der Waals surface area (Å²) >= 11 is 0. The van der Waals surface area contributed by atoms with Crippen LogP contribution in [0, 0.1) is 0 Å². The number of hydrogen-bond donors (Lipinski definition) is 2. The van der Waals surface area contributed by atoms with Gasteiger partial charge in [-0.3, -0.25) is 14.5 Å². The third kappa shape index (κ3) is 4.24. The molecule has 6 heteroatoms. The molecule has 1 amide bonds. The number of H-pyrrole nitrogens is 1. The summed E-state index contributed by atoms with van der Waals surface area (Å²) in [6.07, 6.45) is 1.63. The summed E-state index contributed by atoms with van der Waals surface area (Å²) in [5, 5.41) is 3.69. The van der Waals surface area contributed by atoms with E-state index in [1.165, 1.54) is 0 Å². The van der Waals surface area contributed by atoms with E-state index in [1.807, 2.05) is 41.3 Å². The molecule has 0 saturated carbocycles. The van der Waals surface area contributed by atoms with Crippen molar-refractivity contribution < 1.29 is 9.53 Å². The van der Waals surface area contributed by atoms with Crippen LogP contribution >= 0.6 is 0 Å². The number of nitrogens with zero attached hydrogens (tertiary/aromatic N) is 1. The Labute approximate surface area is 175 Å². The molecule has 0 aliphatic carbocycles. The molecule has 2 aromatic carbocycles. The lowest BCUT2D eigenvalue weighted by Gasteiger charge is -2.28. The lowest BCUT2D eigenvalue weighted by Crippen LogP contribution is -2.41. The van der Waals surface area contributed by atoms with Crippen LogP contribution in [0.15, 0.2) is 47.3 Å². The number of amides is 1. The normalized spacial score (nSPS) is 13.8. The van der Waals surface area contributed by atoms with Crippen molar-refractivity contribution in [3.8, 4) is 5.75 Å². The van der Waals surface area contributed by atoms with Gasteiger partial charge in [0.05, 0.1) is 13.7 Å². The predicted molar refractivity (Wildman–Crippen MR) is 118 cm³/mol. The predicted octanol–water partition coefficient (Wildman–Crippen LogP) is 2.77. The minimum atomic E-state index is -0.0493. The van der Waals surface area contributed by atoms with Gasteiger partial charge in [-0.2, -0.15) is 0 Å². The van der Waals surface area contributed by atoms with Crippen LogP contribution in [0.25, 0.3) is 10.9 Å². The molecule has 0 saturated heterocycles. The number of ether oxygens (including phenoxy) is 1. The van der Waals surface area contributed by atoms with Crippen molar-refractivity contribution in [2.75, 3.05) is 20.2 Å². The Morgan fingerprint density at radius 1 is 1.20 bits per heavy atom. The van der Waals surface area contributed by atoms with Crippen molar-refractivity contribution >= 4 is 16.8 Å². The minimum Gasteiger partial charge on any atom is -0.497 e. The second-order valence-corrected chi connectivity index (χ2v) is 7.73. The number of carbonyl (C=O) groups is 1. The van der Waals surface area contributed by atoms with Gasteiger partial charge < -0.3 is 15.0 Å². The fourth-order valence-corrected chi connectivity index (χ4v) is 3.98. The van der Waals surface area contributed by atoms with Crippen LogP contribution in [0.1, 0.15) is 29.3 Å². The number of methoxy groups -OCH3 is 1. The summed E-state index contributed by atoms with van der Waals surface area (Å²) in [7, 11) is 1.62. The van der Waals surface area contributed by atoms with Gasteiger partial charge in [-0.15, -0.1) is 0 Å². The molecule has 156 valence electrons. The quantitative estimate of drug-likeness (QED) is 0.661. The van der Waals surface area contributed by atoms with E-state index in [0.717, 1.165) is 58.4 Å². The Hall–Kier alpha value is -3.12. The molecule has 2 heterocycles. The van der Waals surface area contributed by atoms with Crippen LogP contribution in [0.2, 0.25) is 0 Å². The number of aromatic amines is 1. The number of fused-ring (bicyclic) bond motifs is 2. The molecule has 1 aliphatic heterocycles. The number of aromatic nitrogens is 1. The highest BCUT2D eigenvalue weighted by molar-refractivity contribution is 5.80. The van der Waals surface area contributed by atoms with Gasteiger partial charge in [0.2, 0.25) is 5.91 Å². The third-order valence-corrected chi connectivity index (χ3v) is 5.71. The van der Waals surface area contributed by atoms with Gasteiger partial charge in [0.15, 0.2) is 5.43 Å². The Morgan fingerprint density at radius 2 is 2.07 bits per heavy atom. The van der Waals surface area contributed by atoms with Crippen molar-refractivity contribution in [2.45, 2.75) is 32.9 Å². The van der Waals surface area contributed by atoms with Crippen molar-refractivity contribution in [3.05, 3.63) is 75.1 Å². The number of nitrogens with one attached hydrogen (secondary N) is 2. The van der Waals surface area contributed by atoms with E-state index in [-0.39, 0.29) is 17.9 Å². The van der Waals surface area contributed by atoms with Gasteiger partial charge in [-0.1, -0.05) is 25.1 Å². The first kappa shape index (κ1) is 20.2. The Kier molecular flexibility index (Phi) is 5.86. The van der Waals surface area contributed by atoms with E-state index in [2.05, 4.69) is 23.3 Å². The lowest BCUT2D eigenvalue weighted by atomic mass is 10.0. The smallest absolute Gasteiger partial charge is 0.234 e. The van der Waals surface area contributed by atoms with Crippen molar-refractivity contribution in [1.82, 2.24) is 15.2 Å². The molecular formula is C24H27N3O3. The fraction of sp³-hybridized carbons (Fsp3) is 0.333. The van der Waals surface area contributed by atoms with Crippen molar-refractivity contribution in [1.29, 1.82) is 0 Å². The van der Waals surface area contributed by atoms with Crippen LogP contribution < -0.4 is 15.5 Å². The van der Waals surface area contributed by atoms with E-state index < -0.39 is 0 Å². The molecule has 30 heavy (non-hydrogen) atoms. The molecule has 6 nitrogen and oxygen atoms in total. The van der Waals surface area contributed by atoms with E-state index in [4.69, 9.17) is 4.74 Å². The second kappa shape index (κ2) is 8.71. The number of pyridine rings is 1. The highest BCUT2D eigenvalue weighted by Crippen LogP contribution is 2.19. The number of carbonyl (C=O) groups excluding carboxylic acids is 1. The SMILES string of the molecule is CCc1ccc2[nH]c3c(c(=O)c2c1)CN(CC(=O)NCc1cccc(OC)c1)CC3. The van der Waals surface area contributed by atoms with Crippen LogP contribution in [0.3, 0.4) is 0 Å². The zero-order chi connectivity index (χ0) is 21.1.